The van der Waals surface area contributed by atoms with Gasteiger partial charge in [-0.15, -0.1) is 0 Å². The topological polar surface area (TPSA) is 50.1 Å². The third kappa shape index (κ3) is 2.30. The second-order valence-electron chi connectivity index (χ2n) is 2.52. The van der Waals surface area contributed by atoms with Crippen LogP contribution in [0.4, 0.5) is 0 Å². The van der Waals surface area contributed by atoms with Crippen LogP contribution in [0.5, 0.6) is 0 Å². The van der Waals surface area contributed by atoms with E-state index in [0.29, 0.717) is 6.17 Å². The molecule has 0 amide bonds. The predicted octanol–water partition coefficient (Wildman–Crippen LogP) is -0.0606. The van der Waals surface area contributed by atoms with Crippen molar-refractivity contribution in [2.45, 2.75) is 31.8 Å². The number of rotatable bonds is 1. The van der Waals surface area contributed by atoms with E-state index in [0.717, 1.165) is 13.0 Å². The third-order valence-electron chi connectivity index (χ3n) is 1.76. The lowest BCUT2D eigenvalue weighted by Gasteiger charge is -2.12. The number of nitrogens with one attached hydrogen (secondary N) is 2. The highest BCUT2D eigenvalue weighted by Gasteiger charge is 2.07. The van der Waals surface area contributed by atoms with Gasteiger partial charge < -0.3 is 5.32 Å². The molecule has 1 heterocycles. The first-order valence-electron chi connectivity index (χ1n) is 3.63. The van der Waals surface area contributed by atoms with Crippen LogP contribution in [0.15, 0.2) is 0 Å². The highest BCUT2D eigenvalue weighted by Crippen LogP contribution is 2.04. The van der Waals surface area contributed by atoms with Crippen molar-refractivity contribution in [2.24, 2.45) is 5.84 Å². The maximum absolute atomic E-state index is 5.26. The highest BCUT2D eigenvalue weighted by molar-refractivity contribution is 4.65. The molecule has 0 aromatic carbocycles. The summed E-state index contributed by atoms with van der Waals surface area (Å²) in [5.41, 5.74) is 2.73. The van der Waals surface area contributed by atoms with Crippen LogP contribution in [-0.2, 0) is 0 Å². The van der Waals surface area contributed by atoms with E-state index in [2.05, 4.69) is 10.7 Å². The lowest BCUT2D eigenvalue weighted by Crippen LogP contribution is -2.45. The Balaban J connectivity index is 2.18. The average molecular weight is 129 g/mol. The van der Waals surface area contributed by atoms with Crippen LogP contribution in [-0.4, -0.2) is 12.7 Å². The Labute approximate surface area is 56.0 Å². The Morgan fingerprint density at radius 2 is 2.22 bits per heavy atom. The van der Waals surface area contributed by atoms with Crippen molar-refractivity contribution in [2.75, 3.05) is 6.54 Å². The molecule has 0 aromatic rings. The smallest absolute Gasteiger partial charge is 0.0701 e. The Hall–Kier alpha value is -0.120. The van der Waals surface area contributed by atoms with E-state index >= 15 is 0 Å². The molecule has 9 heavy (non-hydrogen) atoms. The molecule has 1 fully saturated rings. The van der Waals surface area contributed by atoms with Gasteiger partial charge in [-0.3, -0.25) is 5.84 Å². The molecule has 0 radical (unpaired) electrons. The van der Waals surface area contributed by atoms with Crippen molar-refractivity contribution in [3.05, 3.63) is 0 Å². The minimum atomic E-state index is 0.354. The van der Waals surface area contributed by atoms with Gasteiger partial charge in [0.1, 0.15) is 0 Å². The minimum Gasteiger partial charge on any atom is -0.301 e. The van der Waals surface area contributed by atoms with Gasteiger partial charge in [-0.25, -0.2) is 5.43 Å². The van der Waals surface area contributed by atoms with Crippen LogP contribution in [0.25, 0.3) is 0 Å². The van der Waals surface area contributed by atoms with Gasteiger partial charge >= 0.3 is 0 Å². The van der Waals surface area contributed by atoms with E-state index in [1.54, 1.807) is 0 Å². The second kappa shape index (κ2) is 3.82. The highest BCUT2D eigenvalue weighted by atomic mass is 15.3. The van der Waals surface area contributed by atoms with E-state index in [4.69, 9.17) is 5.84 Å². The van der Waals surface area contributed by atoms with Gasteiger partial charge in [-0.05, 0) is 19.4 Å². The Bertz CT molecular complexity index is 66.7. The fourth-order valence-electron chi connectivity index (χ4n) is 1.17. The molecule has 1 rings (SSSR count). The van der Waals surface area contributed by atoms with E-state index in [1.165, 1.54) is 19.3 Å². The van der Waals surface area contributed by atoms with E-state index in [1.807, 2.05) is 0 Å². The summed E-state index contributed by atoms with van der Waals surface area (Å²) < 4.78 is 0. The van der Waals surface area contributed by atoms with Crippen LogP contribution in [0.2, 0.25) is 0 Å². The summed E-state index contributed by atoms with van der Waals surface area (Å²) in [6.45, 7) is 1.11. The van der Waals surface area contributed by atoms with E-state index < -0.39 is 0 Å². The fraction of sp³-hybridized carbons (Fsp3) is 1.00. The van der Waals surface area contributed by atoms with E-state index in [-0.39, 0.29) is 0 Å². The normalized spacial score (nSPS) is 29.7. The summed E-state index contributed by atoms with van der Waals surface area (Å²) in [6, 6.07) is 0. The molecule has 4 N–H and O–H groups in total. The molecule has 1 unspecified atom stereocenters. The summed E-state index contributed by atoms with van der Waals surface area (Å²) >= 11 is 0. The summed E-state index contributed by atoms with van der Waals surface area (Å²) in [5.74, 6) is 5.26. The summed E-state index contributed by atoms with van der Waals surface area (Å²) in [6.07, 6.45) is 5.44. The first-order valence-corrected chi connectivity index (χ1v) is 3.63. The Morgan fingerprint density at radius 1 is 1.33 bits per heavy atom. The molecular formula is C6H15N3. The van der Waals surface area contributed by atoms with Gasteiger partial charge in [-0.2, -0.15) is 0 Å². The van der Waals surface area contributed by atoms with Gasteiger partial charge in [0.25, 0.3) is 0 Å². The summed E-state index contributed by atoms with van der Waals surface area (Å²) in [7, 11) is 0. The number of hydrazine groups is 1. The lowest BCUT2D eigenvalue weighted by atomic mass is 10.2. The van der Waals surface area contributed by atoms with Crippen LogP contribution in [0.3, 0.4) is 0 Å². The Kier molecular flexibility index (Phi) is 2.97. The lowest BCUT2D eigenvalue weighted by molar-refractivity contribution is 0.429. The maximum atomic E-state index is 5.26. The number of nitrogens with two attached hydrogens (primary N) is 1. The van der Waals surface area contributed by atoms with Gasteiger partial charge in [0, 0.05) is 0 Å². The van der Waals surface area contributed by atoms with Crippen LogP contribution < -0.4 is 16.6 Å². The van der Waals surface area contributed by atoms with Gasteiger partial charge in [0.05, 0.1) is 6.17 Å². The molecule has 0 aromatic heterocycles. The van der Waals surface area contributed by atoms with Crippen molar-refractivity contribution >= 4 is 0 Å². The Morgan fingerprint density at radius 3 is 3.00 bits per heavy atom. The number of hydrogen-bond acceptors (Lipinski definition) is 3. The first-order chi connectivity index (χ1) is 4.43. The summed E-state index contributed by atoms with van der Waals surface area (Å²) in [5, 5.41) is 3.30. The van der Waals surface area contributed by atoms with Gasteiger partial charge in [0.2, 0.25) is 0 Å². The molecule has 0 bridgehead atoms. The molecule has 0 aliphatic carbocycles. The molecule has 1 atom stereocenters. The first kappa shape index (κ1) is 6.99. The predicted molar refractivity (Wildman–Crippen MR) is 37.6 cm³/mol. The van der Waals surface area contributed by atoms with Crippen LogP contribution in [0.1, 0.15) is 25.7 Å². The van der Waals surface area contributed by atoms with Crippen molar-refractivity contribution in [1.82, 2.24) is 10.7 Å². The van der Waals surface area contributed by atoms with E-state index in [9.17, 15) is 0 Å². The number of hydrogen-bond donors (Lipinski definition) is 3. The van der Waals surface area contributed by atoms with Crippen molar-refractivity contribution in [3.8, 4) is 0 Å². The largest absolute Gasteiger partial charge is 0.301 e. The zero-order valence-corrected chi connectivity index (χ0v) is 5.69. The molecular weight excluding hydrogens is 114 g/mol. The zero-order chi connectivity index (χ0) is 6.53. The molecule has 54 valence electrons. The molecule has 1 saturated heterocycles. The summed E-state index contributed by atoms with van der Waals surface area (Å²) in [4.78, 5) is 0. The second-order valence-corrected chi connectivity index (χ2v) is 2.52. The monoisotopic (exact) mass is 129 g/mol. The molecule has 1 aliphatic rings. The standard InChI is InChI=1S/C6H15N3/c7-9-6-4-2-1-3-5-8-6/h6,8-9H,1-5,7H2. The van der Waals surface area contributed by atoms with Crippen molar-refractivity contribution in [3.63, 3.8) is 0 Å². The molecule has 0 spiro atoms. The van der Waals surface area contributed by atoms with Crippen molar-refractivity contribution < 1.29 is 0 Å². The fourth-order valence-corrected chi connectivity index (χ4v) is 1.17. The third-order valence-corrected chi connectivity index (χ3v) is 1.76. The minimum absolute atomic E-state index is 0.354. The van der Waals surface area contributed by atoms with Gasteiger partial charge in [-0.1, -0.05) is 12.8 Å². The molecule has 3 heteroatoms. The maximum Gasteiger partial charge on any atom is 0.0701 e. The SMILES string of the molecule is NNC1CCCCCN1. The quantitative estimate of drug-likeness (QED) is 0.343. The van der Waals surface area contributed by atoms with Gasteiger partial charge in [0.15, 0.2) is 0 Å². The molecule has 0 saturated carbocycles. The van der Waals surface area contributed by atoms with Crippen molar-refractivity contribution in [1.29, 1.82) is 0 Å². The molecule has 3 nitrogen and oxygen atoms in total. The van der Waals surface area contributed by atoms with Crippen LogP contribution in [0, 0.1) is 0 Å². The average Bonchev–Trinajstić information content (AvgIpc) is 2.13. The van der Waals surface area contributed by atoms with Crippen LogP contribution >= 0.6 is 0 Å². The zero-order valence-electron chi connectivity index (χ0n) is 5.69. The molecule has 1 aliphatic heterocycles.